The number of methoxy groups -OCH3 is 3. The van der Waals surface area contributed by atoms with Crippen molar-refractivity contribution in [3.05, 3.63) is 47.0 Å². The Bertz CT molecular complexity index is 680. The fraction of sp³-hybridized carbons (Fsp3) is 0.278. The Balaban J connectivity index is 2.36. The van der Waals surface area contributed by atoms with Crippen LogP contribution in [0.3, 0.4) is 0 Å². The second kappa shape index (κ2) is 7.92. The second-order valence-corrected chi connectivity index (χ2v) is 5.97. The lowest BCUT2D eigenvalue weighted by Gasteiger charge is -2.16. The molecule has 0 heterocycles. The van der Waals surface area contributed by atoms with Crippen molar-refractivity contribution < 1.29 is 19.0 Å². The van der Waals surface area contributed by atoms with Crippen LogP contribution in [0.1, 0.15) is 21.5 Å². The van der Waals surface area contributed by atoms with E-state index in [2.05, 4.69) is 31.2 Å². The zero-order chi connectivity index (χ0) is 16.8. The first-order valence-electron chi connectivity index (χ1n) is 7.11. The molecule has 0 aliphatic rings. The van der Waals surface area contributed by atoms with Gasteiger partial charge in [-0.15, -0.1) is 11.8 Å². The third kappa shape index (κ3) is 3.79. The topological polar surface area (TPSA) is 44.8 Å². The molecule has 0 atom stereocenters. The van der Waals surface area contributed by atoms with Gasteiger partial charge in [-0.25, -0.2) is 0 Å². The van der Waals surface area contributed by atoms with Crippen LogP contribution in [-0.4, -0.2) is 27.6 Å². The minimum atomic E-state index is 0.397. The van der Waals surface area contributed by atoms with E-state index < -0.39 is 0 Å². The smallest absolute Gasteiger partial charge is 0.204 e. The average Bonchev–Trinajstić information content (AvgIpc) is 2.59. The van der Waals surface area contributed by atoms with E-state index in [-0.39, 0.29) is 0 Å². The van der Waals surface area contributed by atoms with Gasteiger partial charge in [0.15, 0.2) is 17.8 Å². The van der Waals surface area contributed by atoms with Crippen LogP contribution in [-0.2, 0) is 5.75 Å². The molecule has 2 rings (SSSR count). The highest BCUT2D eigenvalue weighted by Gasteiger charge is 2.20. The number of aryl methyl sites for hydroxylation is 1. The minimum Gasteiger partial charge on any atom is -0.493 e. The van der Waals surface area contributed by atoms with Crippen molar-refractivity contribution in [2.24, 2.45) is 0 Å². The fourth-order valence-corrected chi connectivity index (χ4v) is 3.23. The maximum atomic E-state index is 11.5. The Morgan fingerprint density at radius 2 is 1.65 bits per heavy atom. The number of aldehydes is 1. The first-order valence-corrected chi connectivity index (χ1v) is 8.09. The standard InChI is InChI=1S/C18H20O4S/c1-12-5-7-13(8-6-12)11-23-16-9-15(20-2)18(22-4)17(21-3)14(16)10-19/h5-10H,11H2,1-4H3. The van der Waals surface area contributed by atoms with Crippen LogP contribution in [0.5, 0.6) is 17.2 Å². The van der Waals surface area contributed by atoms with Crippen molar-refractivity contribution in [3.8, 4) is 17.2 Å². The van der Waals surface area contributed by atoms with Crippen molar-refractivity contribution >= 4 is 18.0 Å². The van der Waals surface area contributed by atoms with Gasteiger partial charge in [0, 0.05) is 10.6 Å². The predicted octanol–water partition coefficient (Wildman–Crippen LogP) is 4.13. The fourth-order valence-electron chi connectivity index (χ4n) is 2.23. The van der Waals surface area contributed by atoms with Crippen LogP contribution in [0.25, 0.3) is 0 Å². The molecule has 5 heteroatoms. The molecular weight excluding hydrogens is 312 g/mol. The van der Waals surface area contributed by atoms with Crippen LogP contribution >= 0.6 is 11.8 Å². The largest absolute Gasteiger partial charge is 0.493 e. The summed E-state index contributed by atoms with van der Waals surface area (Å²) in [5.74, 6) is 2.12. The van der Waals surface area contributed by atoms with Crippen LogP contribution < -0.4 is 14.2 Å². The van der Waals surface area contributed by atoms with Crippen molar-refractivity contribution in [1.82, 2.24) is 0 Å². The van der Waals surface area contributed by atoms with E-state index >= 15 is 0 Å². The molecule has 0 aliphatic heterocycles. The molecule has 0 bridgehead atoms. The Morgan fingerprint density at radius 1 is 1.00 bits per heavy atom. The van der Waals surface area contributed by atoms with Crippen LogP contribution in [0.2, 0.25) is 0 Å². The Labute approximate surface area is 140 Å². The molecule has 2 aromatic carbocycles. The zero-order valence-electron chi connectivity index (χ0n) is 13.7. The van der Waals surface area contributed by atoms with Crippen LogP contribution in [0.4, 0.5) is 0 Å². The van der Waals surface area contributed by atoms with Crippen molar-refractivity contribution in [3.63, 3.8) is 0 Å². The van der Waals surface area contributed by atoms with E-state index in [4.69, 9.17) is 14.2 Å². The van der Waals surface area contributed by atoms with Crippen LogP contribution in [0.15, 0.2) is 35.2 Å². The van der Waals surface area contributed by atoms with Gasteiger partial charge in [0.2, 0.25) is 5.75 Å². The van der Waals surface area contributed by atoms with Gasteiger partial charge >= 0.3 is 0 Å². The Hall–Kier alpha value is -2.14. The van der Waals surface area contributed by atoms with Gasteiger partial charge < -0.3 is 14.2 Å². The first-order chi connectivity index (χ1) is 11.1. The van der Waals surface area contributed by atoms with Crippen molar-refractivity contribution in [1.29, 1.82) is 0 Å². The highest BCUT2D eigenvalue weighted by Crippen LogP contribution is 2.44. The summed E-state index contributed by atoms with van der Waals surface area (Å²) in [5.41, 5.74) is 2.88. The number of carbonyl (C=O) groups excluding carboxylic acids is 1. The molecule has 0 aliphatic carbocycles. The lowest BCUT2D eigenvalue weighted by Crippen LogP contribution is -2.00. The minimum absolute atomic E-state index is 0.397. The molecule has 23 heavy (non-hydrogen) atoms. The maximum absolute atomic E-state index is 11.5. The highest BCUT2D eigenvalue weighted by atomic mass is 32.2. The van der Waals surface area contributed by atoms with Crippen molar-refractivity contribution in [2.45, 2.75) is 17.6 Å². The summed E-state index contributed by atoms with van der Waals surface area (Å²) in [6.45, 7) is 2.06. The molecule has 0 fully saturated rings. The zero-order valence-corrected chi connectivity index (χ0v) is 14.5. The molecule has 0 saturated carbocycles. The number of benzene rings is 2. The quantitative estimate of drug-likeness (QED) is 0.563. The summed E-state index contributed by atoms with van der Waals surface area (Å²) >= 11 is 1.56. The van der Waals surface area contributed by atoms with Gasteiger partial charge in [0.05, 0.1) is 26.9 Å². The van der Waals surface area contributed by atoms with E-state index in [9.17, 15) is 4.79 Å². The molecule has 0 radical (unpaired) electrons. The summed E-state index contributed by atoms with van der Waals surface area (Å²) < 4.78 is 16.0. The number of carbonyl (C=O) groups is 1. The molecular formula is C18H20O4S. The van der Waals surface area contributed by atoms with Gasteiger partial charge in [-0.2, -0.15) is 0 Å². The average molecular weight is 332 g/mol. The molecule has 0 unspecified atom stereocenters. The number of thioether (sulfide) groups is 1. The van der Waals surface area contributed by atoms with E-state index in [0.717, 1.165) is 16.9 Å². The molecule has 0 aromatic heterocycles. The summed E-state index contributed by atoms with van der Waals surface area (Å²) in [6.07, 6.45) is 0.790. The normalized spacial score (nSPS) is 10.3. The van der Waals surface area contributed by atoms with Gasteiger partial charge in [0.1, 0.15) is 0 Å². The SMILES string of the molecule is COc1cc(SCc2ccc(C)cc2)c(C=O)c(OC)c1OC. The Kier molecular flexibility index (Phi) is 5.93. The number of hydrogen-bond acceptors (Lipinski definition) is 5. The van der Waals surface area contributed by atoms with Gasteiger partial charge in [-0.1, -0.05) is 29.8 Å². The number of ether oxygens (including phenoxy) is 3. The van der Waals surface area contributed by atoms with E-state index in [0.29, 0.717) is 22.8 Å². The molecule has 4 nitrogen and oxygen atoms in total. The molecule has 0 N–H and O–H groups in total. The number of hydrogen-bond donors (Lipinski definition) is 0. The Morgan fingerprint density at radius 3 is 2.17 bits per heavy atom. The second-order valence-electron chi connectivity index (χ2n) is 4.95. The summed E-state index contributed by atoms with van der Waals surface area (Å²) in [4.78, 5) is 12.3. The third-order valence-corrected chi connectivity index (χ3v) is 4.59. The predicted molar refractivity (Wildman–Crippen MR) is 92.2 cm³/mol. The van der Waals surface area contributed by atoms with Gasteiger partial charge in [-0.3, -0.25) is 4.79 Å². The van der Waals surface area contributed by atoms with Gasteiger partial charge in [0.25, 0.3) is 0 Å². The molecule has 0 amide bonds. The summed E-state index contributed by atoms with van der Waals surface area (Å²) in [5, 5.41) is 0. The molecule has 0 spiro atoms. The highest BCUT2D eigenvalue weighted by molar-refractivity contribution is 7.98. The van der Waals surface area contributed by atoms with Crippen molar-refractivity contribution in [2.75, 3.05) is 21.3 Å². The lowest BCUT2D eigenvalue weighted by molar-refractivity contribution is 0.111. The molecule has 2 aromatic rings. The number of rotatable bonds is 7. The van der Waals surface area contributed by atoms with Crippen LogP contribution in [0, 0.1) is 6.92 Å². The lowest BCUT2D eigenvalue weighted by atomic mass is 10.2. The molecule has 122 valence electrons. The summed E-state index contributed by atoms with van der Waals surface area (Å²) in [6, 6.07) is 10.1. The third-order valence-electron chi connectivity index (χ3n) is 3.46. The summed E-state index contributed by atoms with van der Waals surface area (Å²) in [7, 11) is 4.60. The molecule has 0 saturated heterocycles. The maximum Gasteiger partial charge on any atom is 0.204 e. The van der Waals surface area contributed by atoms with Gasteiger partial charge in [-0.05, 0) is 18.6 Å². The first kappa shape index (κ1) is 17.2. The monoisotopic (exact) mass is 332 g/mol. The van der Waals surface area contributed by atoms with E-state index in [1.54, 1.807) is 18.9 Å². The van der Waals surface area contributed by atoms with E-state index in [1.165, 1.54) is 25.3 Å². The van der Waals surface area contributed by atoms with E-state index in [1.807, 2.05) is 6.07 Å².